The van der Waals surface area contributed by atoms with Crippen LogP contribution in [0.4, 0.5) is 0 Å². The summed E-state index contributed by atoms with van der Waals surface area (Å²) in [5, 5.41) is 30.9. The second-order valence-electron chi connectivity index (χ2n) is 12.1. The van der Waals surface area contributed by atoms with Gasteiger partial charge in [0.05, 0.1) is 23.7 Å². The van der Waals surface area contributed by atoms with E-state index < -0.39 is 23.7 Å². The number of carbonyl (C=O) groups excluding carboxylic acids is 1. The fourth-order valence-electron chi connectivity index (χ4n) is 7.62. The van der Waals surface area contributed by atoms with Crippen molar-refractivity contribution in [3.8, 4) is 0 Å². The van der Waals surface area contributed by atoms with Gasteiger partial charge >= 0.3 is 0 Å². The number of aliphatic hydroxyl groups excluding tert-OH is 3. The molecule has 0 amide bonds. The molecule has 0 saturated heterocycles. The van der Waals surface area contributed by atoms with Gasteiger partial charge in [0.2, 0.25) is 0 Å². The molecular weight excluding hydrogens is 424 g/mol. The van der Waals surface area contributed by atoms with Gasteiger partial charge in [-0.05, 0) is 93.8 Å². The van der Waals surface area contributed by atoms with Crippen molar-refractivity contribution in [2.75, 3.05) is 0 Å². The van der Waals surface area contributed by atoms with Gasteiger partial charge in [-0.2, -0.15) is 0 Å². The Bertz CT molecular complexity index is 823. The van der Waals surface area contributed by atoms with Crippen LogP contribution in [-0.4, -0.2) is 39.4 Å². The van der Waals surface area contributed by atoms with Gasteiger partial charge in [0.1, 0.15) is 5.78 Å². The van der Waals surface area contributed by atoms with Crippen LogP contribution in [0, 0.1) is 28.6 Å². The fourth-order valence-corrected chi connectivity index (χ4v) is 7.62. The number of hydrogen-bond acceptors (Lipinski definition) is 4. The van der Waals surface area contributed by atoms with Crippen LogP contribution in [0.1, 0.15) is 97.8 Å². The van der Waals surface area contributed by atoms with Gasteiger partial charge in [0.25, 0.3) is 0 Å². The molecule has 4 saturated carbocycles. The monoisotopic (exact) mass is 470 g/mol. The molecule has 0 spiro atoms. The highest BCUT2D eigenvalue weighted by Gasteiger charge is 2.54. The van der Waals surface area contributed by atoms with Gasteiger partial charge in [-0.3, -0.25) is 4.79 Å². The standard InChI is InChI=1S/C30H46O4/c1-4-6-27(33)30(15-16-30)28(34)13-8-20(2)25-11-12-26-22(7-5-14-29(25,26)3)10-9-21-17-23(31)19-24(32)18-21/h8-10,13,20,23-26,28,31-32,34H,4-7,11-12,14-19H2,1-3H3/t20-,23-,24-,25-,26+,28+,29-/m1/s1. The minimum Gasteiger partial charge on any atom is -0.393 e. The van der Waals surface area contributed by atoms with E-state index in [9.17, 15) is 20.1 Å². The summed E-state index contributed by atoms with van der Waals surface area (Å²) in [6.07, 6.45) is 18.1. The predicted molar refractivity (Wildman–Crippen MR) is 136 cm³/mol. The molecule has 34 heavy (non-hydrogen) atoms. The third-order valence-electron chi connectivity index (χ3n) is 9.73. The summed E-state index contributed by atoms with van der Waals surface area (Å²) in [6.45, 7) is 6.79. The summed E-state index contributed by atoms with van der Waals surface area (Å²) in [4.78, 5) is 12.5. The van der Waals surface area contributed by atoms with Gasteiger partial charge in [-0.1, -0.05) is 56.2 Å². The Balaban J connectivity index is 1.43. The highest BCUT2D eigenvalue weighted by atomic mass is 16.3. The SMILES string of the molecule is CCCC(=O)C1([C@@H](O)C=C[C@@H](C)[C@H]2CC[C@H]3C(=CC=C4C[C@@H](O)C[C@H](O)C4)CCC[C@]23C)CC1. The van der Waals surface area contributed by atoms with Crippen LogP contribution in [0.2, 0.25) is 0 Å². The van der Waals surface area contributed by atoms with Crippen molar-refractivity contribution in [2.24, 2.45) is 28.6 Å². The molecule has 0 aromatic rings. The number of allylic oxidation sites excluding steroid dienone is 4. The van der Waals surface area contributed by atoms with E-state index in [1.807, 2.05) is 13.0 Å². The molecule has 4 heteroatoms. The second-order valence-corrected chi connectivity index (χ2v) is 12.1. The Morgan fingerprint density at radius 2 is 1.79 bits per heavy atom. The molecule has 3 N–H and O–H groups in total. The number of ketones is 1. The molecule has 0 bridgehead atoms. The van der Waals surface area contributed by atoms with Crippen molar-refractivity contribution < 1.29 is 20.1 Å². The molecule has 0 radical (unpaired) electrons. The molecular formula is C30H46O4. The highest BCUT2D eigenvalue weighted by Crippen LogP contribution is 2.59. The maximum absolute atomic E-state index is 12.5. The maximum atomic E-state index is 12.5. The molecule has 0 aromatic heterocycles. The summed E-state index contributed by atoms with van der Waals surface area (Å²) >= 11 is 0. The average Bonchev–Trinajstić information content (AvgIpc) is 3.52. The number of hydrogen-bond donors (Lipinski definition) is 3. The number of fused-ring (bicyclic) bond motifs is 1. The van der Waals surface area contributed by atoms with E-state index in [4.69, 9.17) is 0 Å². The van der Waals surface area contributed by atoms with Crippen LogP contribution >= 0.6 is 0 Å². The summed E-state index contributed by atoms with van der Waals surface area (Å²) in [5.74, 6) is 1.78. The van der Waals surface area contributed by atoms with E-state index in [0.29, 0.717) is 43.4 Å². The summed E-state index contributed by atoms with van der Waals surface area (Å²) in [6, 6.07) is 0. The van der Waals surface area contributed by atoms with Crippen molar-refractivity contribution in [1.29, 1.82) is 0 Å². The predicted octanol–water partition coefficient (Wildman–Crippen LogP) is 5.66. The first kappa shape index (κ1) is 25.9. The van der Waals surface area contributed by atoms with Crippen LogP contribution in [0.25, 0.3) is 0 Å². The normalized spacial score (nSPS) is 38.1. The minimum atomic E-state index is -0.645. The van der Waals surface area contributed by atoms with E-state index in [0.717, 1.165) is 31.3 Å². The molecule has 4 aliphatic rings. The Hall–Kier alpha value is -1.23. The van der Waals surface area contributed by atoms with Crippen LogP contribution in [-0.2, 0) is 4.79 Å². The van der Waals surface area contributed by atoms with Gasteiger partial charge < -0.3 is 15.3 Å². The number of aliphatic hydroxyl groups is 3. The Kier molecular flexibility index (Phi) is 7.91. The summed E-state index contributed by atoms with van der Waals surface area (Å²) < 4.78 is 0. The molecule has 0 aliphatic heterocycles. The van der Waals surface area contributed by atoms with Crippen LogP contribution in [0.15, 0.2) is 35.5 Å². The number of Topliss-reactive ketones (excluding diaryl/α,β-unsaturated/α-hetero) is 1. The van der Waals surface area contributed by atoms with Crippen molar-refractivity contribution >= 4 is 5.78 Å². The molecule has 4 rings (SSSR count). The smallest absolute Gasteiger partial charge is 0.141 e. The van der Waals surface area contributed by atoms with E-state index in [1.54, 1.807) is 0 Å². The van der Waals surface area contributed by atoms with E-state index in [2.05, 4.69) is 32.1 Å². The van der Waals surface area contributed by atoms with Gasteiger partial charge in [0, 0.05) is 6.42 Å². The molecule has 4 fully saturated rings. The minimum absolute atomic E-state index is 0.238. The van der Waals surface area contributed by atoms with Crippen LogP contribution in [0.3, 0.4) is 0 Å². The second kappa shape index (κ2) is 10.4. The first-order valence-electron chi connectivity index (χ1n) is 13.8. The lowest BCUT2D eigenvalue weighted by molar-refractivity contribution is -0.127. The zero-order valence-corrected chi connectivity index (χ0v) is 21.5. The molecule has 0 heterocycles. The Labute approximate surface area is 206 Å². The van der Waals surface area contributed by atoms with Gasteiger partial charge in [-0.25, -0.2) is 0 Å². The lowest BCUT2D eigenvalue weighted by atomic mass is 9.61. The summed E-state index contributed by atoms with van der Waals surface area (Å²) in [7, 11) is 0. The zero-order valence-electron chi connectivity index (χ0n) is 21.5. The van der Waals surface area contributed by atoms with Crippen molar-refractivity contribution in [2.45, 2.75) is 116 Å². The van der Waals surface area contributed by atoms with Crippen molar-refractivity contribution in [3.63, 3.8) is 0 Å². The Morgan fingerprint density at radius 1 is 1.09 bits per heavy atom. The maximum Gasteiger partial charge on any atom is 0.141 e. The van der Waals surface area contributed by atoms with E-state index >= 15 is 0 Å². The zero-order chi connectivity index (χ0) is 24.5. The lowest BCUT2D eigenvalue weighted by Crippen LogP contribution is -2.35. The average molecular weight is 471 g/mol. The molecule has 0 unspecified atom stereocenters. The molecule has 4 aliphatic carbocycles. The van der Waals surface area contributed by atoms with E-state index in [1.165, 1.54) is 31.3 Å². The fraction of sp³-hybridized carbons (Fsp3) is 0.767. The first-order valence-corrected chi connectivity index (χ1v) is 13.8. The quantitative estimate of drug-likeness (QED) is 0.400. The topological polar surface area (TPSA) is 77.8 Å². The first-order chi connectivity index (χ1) is 16.2. The molecule has 4 nitrogen and oxygen atoms in total. The van der Waals surface area contributed by atoms with Crippen molar-refractivity contribution in [3.05, 3.63) is 35.5 Å². The van der Waals surface area contributed by atoms with Gasteiger partial charge in [0.15, 0.2) is 0 Å². The number of rotatable bonds is 8. The highest BCUT2D eigenvalue weighted by molar-refractivity contribution is 5.88. The molecule has 7 atom stereocenters. The third-order valence-corrected chi connectivity index (χ3v) is 9.73. The molecule has 0 aromatic carbocycles. The molecule has 190 valence electrons. The summed E-state index contributed by atoms with van der Waals surface area (Å²) in [5.41, 5.74) is 2.47. The Morgan fingerprint density at radius 3 is 2.44 bits per heavy atom. The van der Waals surface area contributed by atoms with Crippen LogP contribution in [0.5, 0.6) is 0 Å². The largest absolute Gasteiger partial charge is 0.393 e. The van der Waals surface area contributed by atoms with Crippen molar-refractivity contribution in [1.82, 2.24) is 0 Å². The van der Waals surface area contributed by atoms with E-state index in [-0.39, 0.29) is 11.2 Å². The van der Waals surface area contributed by atoms with Gasteiger partial charge in [-0.15, -0.1) is 0 Å². The number of carbonyl (C=O) groups is 1. The van der Waals surface area contributed by atoms with Crippen LogP contribution < -0.4 is 0 Å². The third kappa shape index (κ3) is 5.15. The lowest BCUT2D eigenvalue weighted by Gasteiger charge is -2.44.